The van der Waals surface area contributed by atoms with Crippen LogP contribution in [0.5, 0.6) is 5.75 Å². The van der Waals surface area contributed by atoms with Crippen molar-refractivity contribution < 1.29 is 51.2 Å². The third-order valence-electron chi connectivity index (χ3n) is 12.9. The number of hydrogen-bond donors (Lipinski definition) is 1. The zero-order valence-electron chi connectivity index (χ0n) is 40.4. The van der Waals surface area contributed by atoms with Crippen LogP contribution in [0.25, 0.3) is 0 Å². The molecule has 1 N–H and O–H groups in total. The van der Waals surface area contributed by atoms with Crippen molar-refractivity contribution in [1.29, 1.82) is 0 Å². The van der Waals surface area contributed by atoms with Gasteiger partial charge >= 0.3 is 5.97 Å². The molecule has 0 amide bonds. The number of ketones is 2. The van der Waals surface area contributed by atoms with Gasteiger partial charge in [0.1, 0.15) is 41.4 Å². The van der Waals surface area contributed by atoms with Gasteiger partial charge in [0.05, 0.1) is 16.9 Å². The predicted octanol–water partition coefficient (Wildman–Crippen LogP) is 11.3. The minimum atomic E-state index is -4.65. The molecule has 4 aromatic rings. The monoisotopic (exact) mass is 958 g/mol. The van der Waals surface area contributed by atoms with Crippen molar-refractivity contribution in [2.45, 2.75) is 120 Å². The van der Waals surface area contributed by atoms with Gasteiger partial charge in [-0.25, -0.2) is 13.2 Å². The lowest BCUT2D eigenvalue weighted by Crippen LogP contribution is -2.28. The molecule has 69 heavy (non-hydrogen) atoms. The number of carbonyl (C=O) groups is 3. The van der Waals surface area contributed by atoms with Crippen LogP contribution >= 0.6 is 0 Å². The number of carboxylic acid groups (broad SMARTS) is 1. The third-order valence-corrected chi connectivity index (χ3v) is 13.7. The number of carboxylic acids is 1. The first-order valence-corrected chi connectivity index (χ1v) is 25.4. The van der Waals surface area contributed by atoms with E-state index in [-0.39, 0.29) is 35.1 Å². The molecule has 0 aromatic heterocycles. The lowest BCUT2D eigenvalue weighted by molar-refractivity contribution is -0.438. The van der Waals surface area contributed by atoms with E-state index >= 15 is 0 Å². The van der Waals surface area contributed by atoms with E-state index < -0.39 is 34.4 Å². The second-order valence-electron chi connectivity index (χ2n) is 18.7. The first kappa shape index (κ1) is 52.4. The van der Waals surface area contributed by atoms with Crippen molar-refractivity contribution in [2.75, 3.05) is 31.3 Å². The number of aliphatic carboxylic acids is 1. The largest absolute Gasteiger partial charge is 0.744 e. The first-order chi connectivity index (χ1) is 33.0. The number of ether oxygens (including phenoxy) is 3. The smallest absolute Gasteiger partial charge is 0.329 e. The van der Waals surface area contributed by atoms with Crippen LogP contribution in [-0.2, 0) is 40.0 Å². The van der Waals surface area contributed by atoms with E-state index in [1.807, 2.05) is 18.2 Å². The Morgan fingerprint density at radius 1 is 0.783 bits per heavy atom. The number of benzene rings is 4. The van der Waals surface area contributed by atoms with Gasteiger partial charge in [-0.05, 0) is 93.6 Å². The molecule has 0 spiro atoms. The lowest BCUT2D eigenvalue weighted by Gasteiger charge is -2.27. The van der Waals surface area contributed by atoms with Crippen LogP contribution in [0.3, 0.4) is 0 Å². The summed E-state index contributed by atoms with van der Waals surface area (Å²) in [6.45, 7) is 12.4. The summed E-state index contributed by atoms with van der Waals surface area (Å²) in [6, 6.07) is 30.3. The number of anilines is 2. The van der Waals surface area contributed by atoms with Gasteiger partial charge in [0.2, 0.25) is 5.69 Å². The number of Topliss-reactive ketones (excluding diaryl/α,β-unsaturated/α-hetero) is 2. The normalized spacial score (nSPS) is 15.9. The summed E-state index contributed by atoms with van der Waals surface area (Å²) in [6.07, 6.45) is 15.2. The van der Waals surface area contributed by atoms with Crippen LogP contribution in [0.1, 0.15) is 120 Å². The van der Waals surface area contributed by atoms with Crippen molar-refractivity contribution in [3.05, 3.63) is 150 Å². The van der Waals surface area contributed by atoms with Crippen LogP contribution in [0.15, 0.2) is 139 Å². The van der Waals surface area contributed by atoms with Crippen LogP contribution in [0, 0.1) is 0 Å². The summed E-state index contributed by atoms with van der Waals surface area (Å²) in [5, 5.41) is 8.91. The van der Waals surface area contributed by atoms with Crippen molar-refractivity contribution in [3.63, 3.8) is 0 Å². The molecule has 6 rings (SSSR count). The molecule has 2 heterocycles. The first-order valence-electron chi connectivity index (χ1n) is 23.9. The maximum Gasteiger partial charge on any atom is 0.329 e. The molecule has 0 fully saturated rings. The Morgan fingerprint density at radius 3 is 2.17 bits per heavy atom. The Labute approximate surface area is 407 Å². The molecule has 0 radical (unpaired) electrons. The van der Waals surface area contributed by atoms with Gasteiger partial charge in [-0.3, -0.25) is 9.59 Å². The second-order valence-corrected chi connectivity index (χ2v) is 20.0. The zero-order chi connectivity index (χ0) is 49.6. The molecule has 0 saturated heterocycles. The number of hydrogen-bond acceptors (Lipinski definition) is 10. The Bertz CT molecular complexity index is 2670. The highest BCUT2D eigenvalue weighted by Crippen LogP contribution is 2.51. The zero-order valence-corrected chi connectivity index (χ0v) is 41.2. The van der Waals surface area contributed by atoms with Gasteiger partial charge < -0.3 is 28.8 Å². The molecule has 13 heteroatoms. The van der Waals surface area contributed by atoms with Gasteiger partial charge in [0.25, 0.3) is 0 Å². The average Bonchev–Trinajstić information content (AvgIpc) is 3.68. The molecule has 0 saturated carbocycles. The fourth-order valence-corrected chi connectivity index (χ4v) is 9.74. The standard InChI is InChI=1S/C56H66N2O10S/c1-6-36-66-54(68-39-53(61)62)40-67-44-27-20-22-41(37-44)50(60)30-16-9-7-8-14-25-43(59)26-15-11-19-35-57-48-34-33-45(69(63,64)65)38-47(48)56(4,5)51(57)31-21-32-52-55(2,3)46-28-17-18-29-49(46)58(52)42-23-12-10-13-24-42/h6,10,12-13,17-18,20-24,27-29,31-34,37-38,54H,1,7-9,11,14-16,19,25-26,30,35-36,39-40H2,2-5H3,(H-,61,62,63,64,65). The fraction of sp³-hybridized carbons (Fsp3) is 0.393. The summed E-state index contributed by atoms with van der Waals surface area (Å²) < 4.78 is 55.0. The molecule has 366 valence electrons. The SMILES string of the molecule is C=CCOC(COc1cccc(C(=O)CCCCCCCC(=O)CCCCC[N+]2=C(C=CC=C3N(c4ccccc4)c4ccccc4C3(C)C)C(C)(C)c3cc(S(=O)(=O)[O-])ccc32)c1)OCC(=O)O. The second kappa shape index (κ2) is 24.0. The molecule has 4 aromatic carbocycles. The van der Waals surface area contributed by atoms with E-state index in [0.717, 1.165) is 85.4 Å². The van der Waals surface area contributed by atoms with Crippen molar-refractivity contribution in [2.24, 2.45) is 0 Å². The number of nitrogens with zero attached hydrogens (tertiary/aromatic N) is 2. The lowest BCUT2D eigenvalue weighted by atomic mass is 9.81. The average molecular weight is 959 g/mol. The number of allylic oxidation sites excluding steroid dienone is 4. The highest BCUT2D eigenvalue weighted by atomic mass is 32.2. The maximum atomic E-state index is 12.9. The minimum absolute atomic E-state index is 0.00700. The molecule has 2 aliphatic heterocycles. The predicted molar refractivity (Wildman–Crippen MR) is 268 cm³/mol. The van der Waals surface area contributed by atoms with Gasteiger partial charge in [-0.15, -0.1) is 6.58 Å². The summed E-state index contributed by atoms with van der Waals surface area (Å²) in [5.41, 5.74) is 6.89. The molecule has 1 atom stereocenters. The highest BCUT2D eigenvalue weighted by Gasteiger charge is 2.45. The Kier molecular flexibility index (Phi) is 18.2. The van der Waals surface area contributed by atoms with E-state index in [1.54, 1.807) is 30.3 Å². The topological polar surface area (TPSA) is 163 Å². The van der Waals surface area contributed by atoms with E-state index in [1.165, 1.54) is 23.8 Å². The van der Waals surface area contributed by atoms with Gasteiger partial charge in [-0.1, -0.05) is 93.8 Å². The van der Waals surface area contributed by atoms with Gasteiger partial charge in [0, 0.05) is 71.4 Å². The van der Waals surface area contributed by atoms with Crippen LogP contribution in [0.4, 0.5) is 17.1 Å². The van der Waals surface area contributed by atoms with Crippen molar-refractivity contribution in [3.8, 4) is 5.75 Å². The Morgan fingerprint density at radius 2 is 1.46 bits per heavy atom. The molecular weight excluding hydrogens is 893 g/mol. The summed E-state index contributed by atoms with van der Waals surface area (Å²) in [5.74, 6) is -0.414. The van der Waals surface area contributed by atoms with Crippen molar-refractivity contribution >= 4 is 50.4 Å². The fourth-order valence-electron chi connectivity index (χ4n) is 9.25. The van der Waals surface area contributed by atoms with E-state index in [4.69, 9.17) is 19.3 Å². The summed E-state index contributed by atoms with van der Waals surface area (Å²) in [7, 11) is -4.65. The minimum Gasteiger partial charge on any atom is -0.744 e. The molecular formula is C56H66N2O10S. The number of carbonyl (C=O) groups excluding carboxylic acids is 2. The number of unbranched alkanes of at least 4 members (excludes halogenated alkanes) is 6. The van der Waals surface area contributed by atoms with E-state index in [9.17, 15) is 27.4 Å². The van der Waals surface area contributed by atoms with Gasteiger partial charge in [-0.2, -0.15) is 4.58 Å². The number of para-hydroxylation sites is 2. The maximum absolute atomic E-state index is 12.9. The number of rotatable bonds is 28. The quantitative estimate of drug-likeness (QED) is 0.0144. The molecule has 1 unspecified atom stereocenters. The molecule has 12 nitrogen and oxygen atoms in total. The Hall–Kier alpha value is -5.99. The van der Waals surface area contributed by atoms with Crippen LogP contribution < -0.4 is 9.64 Å². The van der Waals surface area contributed by atoms with Gasteiger partial charge in [0.15, 0.2) is 17.8 Å². The highest BCUT2D eigenvalue weighted by molar-refractivity contribution is 7.85. The molecule has 2 aliphatic rings. The third kappa shape index (κ3) is 13.6. The van der Waals surface area contributed by atoms with E-state index in [2.05, 4.69) is 98.4 Å². The number of fused-ring (bicyclic) bond motifs is 2. The summed E-state index contributed by atoms with van der Waals surface area (Å²) >= 11 is 0. The van der Waals surface area contributed by atoms with Crippen LogP contribution in [-0.4, -0.2) is 78.6 Å². The molecule has 0 aliphatic carbocycles. The van der Waals surface area contributed by atoms with E-state index in [0.29, 0.717) is 37.1 Å². The molecule has 0 bridgehead atoms. The van der Waals surface area contributed by atoms with Crippen LogP contribution in [0.2, 0.25) is 0 Å². The summed E-state index contributed by atoms with van der Waals surface area (Å²) in [4.78, 5) is 38.8. The van der Waals surface area contributed by atoms with Crippen molar-refractivity contribution in [1.82, 2.24) is 0 Å². The Balaban J connectivity index is 0.978.